The summed E-state index contributed by atoms with van der Waals surface area (Å²) in [5, 5.41) is 8.74. The number of nitrogens with zero attached hydrogens (tertiary/aromatic N) is 2. The first-order valence-electron chi connectivity index (χ1n) is 11.7. The predicted octanol–water partition coefficient (Wildman–Crippen LogP) is 7.42. The molecule has 2 nitrogen and oxygen atoms in total. The van der Waals surface area contributed by atoms with E-state index in [1.807, 2.05) is 0 Å². The molecule has 1 fully saturated rings. The minimum absolute atomic E-state index is 0.944. The van der Waals surface area contributed by atoms with Crippen LogP contribution in [-0.4, -0.2) is 10.2 Å². The van der Waals surface area contributed by atoms with E-state index in [0.29, 0.717) is 0 Å². The van der Waals surface area contributed by atoms with Crippen LogP contribution < -0.4 is 0 Å². The first-order chi connectivity index (χ1) is 13.8. The van der Waals surface area contributed by atoms with Gasteiger partial charge in [0, 0.05) is 5.56 Å². The van der Waals surface area contributed by atoms with Gasteiger partial charge in [0.15, 0.2) is 0 Å². The van der Waals surface area contributed by atoms with Crippen molar-refractivity contribution in [3.63, 3.8) is 0 Å². The van der Waals surface area contributed by atoms with Crippen molar-refractivity contribution in [3.05, 3.63) is 47.7 Å². The van der Waals surface area contributed by atoms with Crippen molar-refractivity contribution in [1.82, 2.24) is 10.2 Å². The molecule has 0 spiro atoms. The molecular weight excluding hydrogens is 340 g/mol. The number of hydrogen-bond donors (Lipinski definition) is 0. The van der Waals surface area contributed by atoms with Crippen LogP contribution in [0, 0.1) is 11.8 Å². The molecule has 28 heavy (non-hydrogen) atoms. The Balaban J connectivity index is 1.42. The third-order valence-corrected chi connectivity index (χ3v) is 6.50. The summed E-state index contributed by atoms with van der Waals surface area (Å²) in [7, 11) is 0. The van der Waals surface area contributed by atoms with Crippen molar-refractivity contribution < 1.29 is 0 Å². The summed E-state index contributed by atoms with van der Waals surface area (Å²) in [6.07, 6.45) is 16.2. The van der Waals surface area contributed by atoms with Crippen LogP contribution in [0.2, 0.25) is 0 Å². The topological polar surface area (TPSA) is 25.8 Å². The van der Waals surface area contributed by atoms with Crippen molar-refractivity contribution in [3.8, 4) is 11.3 Å². The molecule has 1 aromatic carbocycles. The van der Waals surface area contributed by atoms with Gasteiger partial charge in [-0.15, -0.1) is 0 Å². The zero-order valence-corrected chi connectivity index (χ0v) is 18.0. The lowest BCUT2D eigenvalue weighted by Crippen LogP contribution is -2.15. The van der Waals surface area contributed by atoms with Gasteiger partial charge in [-0.05, 0) is 48.8 Å². The first-order valence-corrected chi connectivity index (χ1v) is 11.7. The lowest BCUT2D eigenvalue weighted by Gasteiger charge is -2.28. The molecular formula is C26H38N2. The van der Waals surface area contributed by atoms with Crippen LogP contribution in [0.25, 0.3) is 11.3 Å². The Labute approximate surface area is 172 Å². The molecule has 0 bridgehead atoms. The zero-order chi connectivity index (χ0) is 19.6. The molecule has 1 aliphatic carbocycles. The molecule has 1 heterocycles. The SMILES string of the molecule is CCCCC[C@H]1CC[C@H](CCc2ccc(-c3ccc(CCC)nn3)cc2)CC1. The molecule has 1 aromatic heterocycles. The molecule has 0 radical (unpaired) electrons. The molecule has 0 aliphatic heterocycles. The Hall–Kier alpha value is -1.70. The third kappa shape index (κ3) is 6.43. The summed E-state index contributed by atoms with van der Waals surface area (Å²) in [5.41, 5.74) is 4.70. The maximum absolute atomic E-state index is 4.40. The van der Waals surface area contributed by atoms with E-state index >= 15 is 0 Å². The van der Waals surface area contributed by atoms with Gasteiger partial charge in [-0.2, -0.15) is 10.2 Å². The monoisotopic (exact) mass is 378 g/mol. The van der Waals surface area contributed by atoms with Crippen molar-refractivity contribution in [1.29, 1.82) is 0 Å². The number of aromatic nitrogens is 2. The lowest BCUT2D eigenvalue weighted by molar-refractivity contribution is 0.249. The van der Waals surface area contributed by atoms with Crippen LogP contribution in [0.4, 0.5) is 0 Å². The Bertz CT molecular complexity index is 667. The number of benzene rings is 1. The Kier molecular flexibility index (Phi) is 8.51. The molecule has 1 aliphatic rings. The van der Waals surface area contributed by atoms with E-state index in [-0.39, 0.29) is 0 Å². The summed E-state index contributed by atoms with van der Waals surface area (Å²) < 4.78 is 0. The fourth-order valence-corrected chi connectivity index (χ4v) is 4.61. The second-order valence-electron chi connectivity index (χ2n) is 8.78. The van der Waals surface area contributed by atoms with Gasteiger partial charge in [0.05, 0.1) is 11.4 Å². The van der Waals surface area contributed by atoms with Gasteiger partial charge in [-0.25, -0.2) is 0 Å². The van der Waals surface area contributed by atoms with Crippen LogP contribution in [0.1, 0.15) is 89.3 Å². The molecule has 152 valence electrons. The number of hydrogen-bond acceptors (Lipinski definition) is 2. The highest BCUT2D eigenvalue weighted by atomic mass is 15.1. The fourth-order valence-electron chi connectivity index (χ4n) is 4.61. The molecule has 0 N–H and O–H groups in total. The van der Waals surface area contributed by atoms with Crippen LogP contribution >= 0.6 is 0 Å². The molecule has 0 amide bonds. The van der Waals surface area contributed by atoms with E-state index in [1.165, 1.54) is 75.3 Å². The number of rotatable bonds is 10. The summed E-state index contributed by atoms with van der Waals surface area (Å²) in [5.74, 6) is 1.96. The lowest BCUT2D eigenvalue weighted by atomic mass is 9.78. The molecule has 2 heteroatoms. The quantitative estimate of drug-likeness (QED) is 0.402. The van der Waals surface area contributed by atoms with Gasteiger partial charge in [0.1, 0.15) is 0 Å². The first kappa shape index (κ1) is 21.0. The maximum Gasteiger partial charge on any atom is 0.0929 e. The van der Waals surface area contributed by atoms with E-state index in [0.717, 1.165) is 36.1 Å². The summed E-state index contributed by atoms with van der Waals surface area (Å²) in [6.45, 7) is 4.48. The normalized spacial score (nSPS) is 19.6. The molecule has 1 saturated carbocycles. The highest BCUT2D eigenvalue weighted by Gasteiger charge is 2.20. The molecule has 0 unspecified atom stereocenters. The fraction of sp³-hybridized carbons (Fsp3) is 0.615. The number of unbranched alkanes of at least 4 members (excludes halogenated alkanes) is 2. The van der Waals surface area contributed by atoms with Crippen LogP contribution in [0.15, 0.2) is 36.4 Å². The van der Waals surface area contributed by atoms with Crippen LogP contribution in [0.5, 0.6) is 0 Å². The average molecular weight is 379 g/mol. The van der Waals surface area contributed by atoms with E-state index in [2.05, 4.69) is 60.4 Å². The standard InChI is InChI=1S/C26H38N2/c1-3-5-6-8-21-9-11-22(12-10-21)13-14-23-15-17-24(18-16-23)26-20-19-25(7-4-2)27-28-26/h15-22H,3-14H2,1-2H3/t21-,22-. The highest BCUT2D eigenvalue weighted by Crippen LogP contribution is 2.34. The van der Waals surface area contributed by atoms with E-state index in [4.69, 9.17) is 0 Å². The van der Waals surface area contributed by atoms with Gasteiger partial charge >= 0.3 is 0 Å². The maximum atomic E-state index is 4.40. The van der Waals surface area contributed by atoms with Crippen molar-refractivity contribution in [2.45, 2.75) is 90.9 Å². The largest absolute Gasteiger partial charge is 0.155 e. The minimum atomic E-state index is 0.944. The molecule has 3 rings (SSSR count). The Morgan fingerprint density at radius 1 is 0.714 bits per heavy atom. The zero-order valence-electron chi connectivity index (χ0n) is 18.0. The molecule has 0 atom stereocenters. The van der Waals surface area contributed by atoms with Gasteiger partial charge in [-0.3, -0.25) is 0 Å². The smallest absolute Gasteiger partial charge is 0.0929 e. The van der Waals surface area contributed by atoms with Gasteiger partial charge < -0.3 is 0 Å². The molecule has 2 aromatic rings. The second kappa shape index (κ2) is 11.3. The van der Waals surface area contributed by atoms with Crippen molar-refractivity contribution >= 4 is 0 Å². The number of aryl methyl sites for hydroxylation is 2. The van der Waals surface area contributed by atoms with E-state index in [1.54, 1.807) is 0 Å². The van der Waals surface area contributed by atoms with E-state index in [9.17, 15) is 0 Å². The van der Waals surface area contributed by atoms with Crippen LogP contribution in [0.3, 0.4) is 0 Å². The minimum Gasteiger partial charge on any atom is -0.155 e. The van der Waals surface area contributed by atoms with Gasteiger partial charge in [0.25, 0.3) is 0 Å². The second-order valence-corrected chi connectivity index (χ2v) is 8.78. The summed E-state index contributed by atoms with van der Waals surface area (Å²) >= 11 is 0. The average Bonchev–Trinajstić information content (AvgIpc) is 2.75. The summed E-state index contributed by atoms with van der Waals surface area (Å²) in [4.78, 5) is 0. The van der Waals surface area contributed by atoms with Gasteiger partial charge in [0.2, 0.25) is 0 Å². The highest BCUT2D eigenvalue weighted by molar-refractivity contribution is 5.58. The van der Waals surface area contributed by atoms with Crippen molar-refractivity contribution in [2.24, 2.45) is 11.8 Å². The molecule has 0 saturated heterocycles. The predicted molar refractivity (Wildman–Crippen MR) is 119 cm³/mol. The Morgan fingerprint density at radius 3 is 2.04 bits per heavy atom. The Morgan fingerprint density at radius 2 is 1.43 bits per heavy atom. The third-order valence-electron chi connectivity index (χ3n) is 6.50. The van der Waals surface area contributed by atoms with Gasteiger partial charge in [-0.1, -0.05) is 95.9 Å². The summed E-state index contributed by atoms with van der Waals surface area (Å²) in [6, 6.07) is 13.2. The van der Waals surface area contributed by atoms with Crippen LogP contribution in [-0.2, 0) is 12.8 Å². The van der Waals surface area contributed by atoms with E-state index < -0.39 is 0 Å². The van der Waals surface area contributed by atoms with Crippen molar-refractivity contribution in [2.75, 3.05) is 0 Å².